The number of hydrogen-bond acceptors (Lipinski definition) is 5. The lowest BCUT2D eigenvalue weighted by atomic mass is 10.0. The summed E-state index contributed by atoms with van der Waals surface area (Å²) < 4.78 is 41.1. The minimum Gasteiger partial charge on any atom is -0.490 e. The van der Waals surface area contributed by atoms with E-state index >= 15 is 0 Å². The van der Waals surface area contributed by atoms with Crippen molar-refractivity contribution in [2.24, 2.45) is 0 Å². The molecule has 0 unspecified atom stereocenters. The first kappa shape index (κ1) is 30.5. The molecule has 1 saturated heterocycles. The van der Waals surface area contributed by atoms with Crippen LogP contribution in [0.1, 0.15) is 55.1 Å². The van der Waals surface area contributed by atoms with Gasteiger partial charge in [-0.2, -0.15) is 5.26 Å². The summed E-state index contributed by atoms with van der Waals surface area (Å²) in [6.07, 6.45) is 0.815. The quantitative estimate of drug-likeness (QED) is 0.228. The molecule has 1 heterocycles. The van der Waals surface area contributed by atoms with Crippen molar-refractivity contribution in [1.82, 2.24) is 4.90 Å². The van der Waals surface area contributed by atoms with Crippen LogP contribution >= 0.6 is 0 Å². The number of nitrogens with zero attached hydrogens (tertiary/aromatic N) is 3. The molecule has 0 N–H and O–H groups in total. The number of fused-ring (bicyclic) bond motifs is 1. The maximum atomic E-state index is 14.7. The van der Waals surface area contributed by atoms with E-state index < -0.39 is 28.7 Å². The second-order valence-electron chi connectivity index (χ2n) is 11.8. The molecule has 7 nitrogen and oxygen atoms in total. The fraction of sp³-hybridized carbons (Fsp3) is 0.286. The van der Waals surface area contributed by atoms with Crippen LogP contribution < -0.4 is 9.64 Å². The molecule has 226 valence electrons. The van der Waals surface area contributed by atoms with Gasteiger partial charge in [-0.05, 0) is 91.7 Å². The highest BCUT2D eigenvalue weighted by Gasteiger charge is 2.28. The molecule has 4 aromatic rings. The summed E-state index contributed by atoms with van der Waals surface area (Å²) in [5, 5.41) is 11.0. The van der Waals surface area contributed by atoms with Gasteiger partial charge >= 0.3 is 6.09 Å². The number of nitriles is 1. The SMILES string of the molecule is CC(C)(C)OC(=O)N1CCC(Oc2ccc(N(Cc3ccc4ccc(C#N)cc4c3)C(=O)c3c(F)cccc3F)cc2)CC1. The van der Waals surface area contributed by atoms with Gasteiger partial charge in [0.05, 0.1) is 18.2 Å². The van der Waals surface area contributed by atoms with Crippen LogP contribution in [0, 0.1) is 23.0 Å². The van der Waals surface area contributed by atoms with Crippen LogP contribution in [0.25, 0.3) is 10.8 Å². The Morgan fingerprint density at radius 3 is 2.23 bits per heavy atom. The Labute approximate surface area is 255 Å². The Hall–Kier alpha value is -4.97. The third-order valence-corrected chi connectivity index (χ3v) is 7.34. The van der Waals surface area contributed by atoms with Crippen molar-refractivity contribution >= 4 is 28.5 Å². The standard InChI is InChI=1S/C35H33F2N3O4/c1-35(2,3)44-34(42)39-17-15-29(16-18-39)43-28-13-11-27(12-14-28)40(33(41)32-30(36)5-4-6-31(32)37)22-24-8-10-25-9-7-23(21-38)19-26(25)20-24/h4-14,19-20,29H,15-18,22H2,1-3H3. The van der Waals surface area contributed by atoms with Crippen molar-refractivity contribution < 1.29 is 27.8 Å². The first-order chi connectivity index (χ1) is 21.0. The average molecular weight is 598 g/mol. The molecule has 0 aliphatic carbocycles. The molecule has 9 heteroatoms. The van der Waals surface area contributed by atoms with Crippen molar-refractivity contribution in [2.75, 3.05) is 18.0 Å². The first-order valence-corrected chi connectivity index (χ1v) is 14.4. The summed E-state index contributed by atoms with van der Waals surface area (Å²) in [6.45, 7) is 6.55. The zero-order valence-corrected chi connectivity index (χ0v) is 24.8. The molecule has 44 heavy (non-hydrogen) atoms. The number of hydrogen-bond donors (Lipinski definition) is 0. The number of ether oxygens (including phenoxy) is 2. The summed E-state index contributed by atoms with van der Waals surface area (Å²) >= 11 is 0. The van der Waals surface area contributed by atoms with Crippen LogP contribution in [0.5, 0.6) is 5.75 Å². The Morgan fingerprint density at radius 1 is 0.932 bits per heavy atom. The molecule has 1 fully saturated rings. The minimum absolute atomic E-state index is 0.0304. The van der Waals surface area contributed by atoms with E-state index in [1.165, 1.54) is 11.0 Å². The number of anilines is 1. The number of benzene rings is 4. The van der Waals surface area contributed by atoms with E-state index in [1.54, 1.807) is 41.3 Å². The van der Waals surface area contributed by atoms with Gasteiger partial charge in [0, 0.05) is 31.6 Å². The summed E-state index contributed by atoms with van der Waals surface area (Å²) in [5.41, 5.74) is 0.443. The number of amides is 2. The van der Waals surface area contributed by atoms with Gasteiger partial charge in [0.1, 0.15) is 34.7 Å². The molecule has 4 aromatic carbocycles. The Bertz CT molecular complexity index is 1700. The molecule has 0 saturated carbocycles. The van der Waals surface area contributed by atoms with E-state index in [-0.39, 0.29) is 18.7 Å². The van der Waals surface area contributed by atoms with Gasteiger partial charge in [-0.1, -0.05) is 24.3 Å². The molecular formula is C35H33F2N3O4. The smallest absolute Gasteiger partial charge is 0.410 e. The highest BCUT2D eigenvalue weighted by atomic mass is 19.1. The molecule has 0 radical (unpaired) electrons. The van der Waals surface area contributed by atoms with E-state index in [1.807, 2.05) is 45.0 Å². The predicted molar refractivity (Wildman–Crippen MR) is 163 cm³/mol. The van der Waals surface area contributed by atoms with Gasteiger partial charge in [0.15, 0.2) is 0 Å². The van der Waals surface area contributed by atoms with Crippen molar-refractivity contribution in [3.05, 3.63) is 107 Å². The maximum absolute atomic E-state index is 14.7. The summed E-state index contributed by atoms with van der Waals surface area (Å²) in [7, 11) is 0. The largest absolute Gasteiger partial charge is 0.490 e. The Balaban J connectivity index is 1.35. The lowest BCUT2D eigenvalue weighted by molar-refractivity contribution is 0.0126. The van der Waals surface area contributed by atoms with Gasteiger partial charge < -0.3 is 19.3 Å². The highest BCUT2D eigenvalue weighted by molar-refractivity contribution is 6.06. The van der Waals surface area contributed by atoms with Crippen molar-refractivity contribution in [1.29, 1.82) is 5.26 Å². The van der Waals surface area contributed by atoms with Crippen molar-refractivity contribution in [3.63, 3.8) is 0 Å². The molecular weight excluding hydrogens is 564 g/mol. The fourth-order valence-corrected chi connectivity index (χ4v) is 5.14. The van der Waals surface area contributed by atoms with E-state index in [0.717, 1.165) is 28.5 Å². The van der Waals surface area contributed by atoms with Crippen LogP contribution in [-0.4, -0.2) is 41.7 Å². The molecule has 0 bridgehead atoms. The molecule has 0 atom stereocenters. The summed E-state index contributed by atoms with van der Waals surface area (Å²) in [4.78, 5) is 29.0. The Morgan fingerprint density at radius 2 is 1.59 bits per heavy atom. The van der Waals surface area contributed by atoms with Crippen LogP contribution in [0.3, 0.4) is 0 Å². The summed E-state index contributed by atoms with van der Waals surface area (Å²) in [5.74, 6) is -2.15. The molecule has 0 aromatic heterocycles. The van der Waals surface area contributed by atoms with Crippen molar-refractivity contribution in [2.45, 2.75) is 51.9 Å². The van der Waals surface area contributed by atoms with Crippen molar-refractivity contribution in [3.8, 4) is 11.8 Å². The van der Waals surface area contributed by atoms with E-state index in [4.69, 9.17) is 9.47 Å². The Kier molecular flexibility index (Phi) is 8.81. The second kappa shape index (κ2) is 12.7. The third-order valence-electron chi connectivity index (χ3n) is 7.34. The summed E-state index contributed by atoms with van der Waals surface area (Å²) in [6, 6.07) is 23.1. The van der Waals surface area contributed by atoms with E-state index in [0.29, 0.717) is 42.9 Å². The molecule has 2 amide bonds. The number of carbonyl (C=O) groups is 2. The van der Waals surface area contributed by atoms with Gasteiger partial charge in [-0.15, -0.1) is 0 Å². The topological polar surface area (TPSA) is 82.9 Å². The molecule has 0 spiro atoms. The van der Waals surface area contributed by atoms with Gasteiger partial charge in [-0.3, -0.25) is 4.79 Å². The van der Waals surface area contributed by atoms with Crippen LogP contribution in [-0.2, 0) is 11.3 Å². The molecule has 1 aliphatic rings. The monoisotopic (exact) mass is 597 g/mol. The normalized spacial score (nSPS) is 13.8. The van der Waals surface area contributed by atoms with E-state index in [9.17, 15) is 23.6 Å². The van der Waals surface area contributed by atoms with Gasteiger partial charge in [-0.25, -0.2) is 13.6 Å². The fourth-order valence-electron chi connectivity index (χ4n) is 5.14. The third kappa shape index (κ3) is 7.14. The molecule has 1 aliphatic heterocycles. The van der Waals surface area contributed by atoms with E-state index in [2.05, 4.69) is 6.07 Å². The average Bonchev–Trinajstić information content (AvgIpc) is 2.99. The highest BCUT2D eigenvalue weighted by Crippen LogP contribution is 2.28. The minimum atomic E-state index is -0.949. The van der Waals surface area contributed by atoms with Gasteiger partial charge in [0.25, 0.3) is 5.91 Å². The number of carbonyl (C=O) groups excluding carboxylic acids is 2. The number of rotatable bonds is 6. The van der Waals surface area contributed by atoms with Gasteiger partial charge in [0.2, 0.25) is 0 Å². The lowest BCUT2D eigenvalue weighted by Crippen LogP contribution is -2.44. The zero-order valence-electron chi connectivity index (χ0n) is 24.8. The van der Waals surface area contributed by atoms with Crippen LogP contribution in [0.4, 0.5) is 19.3 Å². The second-order valence-corrected chi connectivity index (χ2v) is 11.8. The van der Waals surface area contributed by atoms with Crippen LogP contribution in [0.15, 0.2) is 78.9 Å². The molecule has 5 rings (SSSR count). The number of halogens is 2. The lowest BCUT2D eigenvalue weighted by Gasteiger charge is -2.33. The number of piperidine rings is 1. The van der Waals surface area contributed by atoms with Crippen LogP contribution in [0.2, 0.25) is 0 Å². The maximum Gasteiger partial charge on any atom is 0.410 e. The predicted octanol–water partition coefficient (Wildman–Crippen LogP) is 7.61. The number of likely N-dealkylation sites (tertiary alicyclic amines) is 1. The first-order valence-electron chi connectivity index (χ1n) is 14.4. The zero-order chi connectivity index (χ0) is 31.4.